The standard InChI is InChI=1S/C11H13NO/c1-7-3-2-4-8-10(13)6-5-9(12)11(7)8/h2-4,9H,5-6,12H2,1H3. The number of rotatable bonds is 0. The molecule has 0 amide bonds. The average molecular weight is 175 g/mol. The van der Waals surface area contributed by atoms with E-state index in [0.717, 1.165) is 23.1 Å². The van der Waals surface area contributed by atoms with Crippen LogP contribution in [-0.2, 0) is 0 Å². The van der Waals surface area contributed by atoms with Crippen LogP contribution in [0.3, 0.4) is 0 Å². The summed E-state index contributed by atoms with van der Waals surface area (Å²) in [4.78, 5) is 11.5. The van der Waals surface area contributed by atoms with Crippen molar-refractivity contribution in [3.63, 3.8) is 0 Å². The number of nitrogens with two attached hydrogens (primary N) is 1. The van der Waals surface area contributed by atoms with Crippen molar-refractivity contribution in [3.05, 3.63) is 34.9 Å². The second kappa shape index (κ2) is 2.96. The first kappa shape index (κ1) is 8.45. The van der Waals surface area contributed by atoms with Crippen LogP contribution in [0.25, 0.3) is 0 Å². The molecule has 2 rings (SSSR count). The predicted octanol–water partition coefficient (Wildman–Crippen LogP) is 1.97. The molecule has 0 fully saturated rings. The molecule has 0 radical (unpaired) electrons. The molecule has 2 N–H and O–H groups in total. The summed E-state index contributed by atoms with van der Waals surface area (Å²) >= 11 is 0. The Balaban J connectivity index is 2.63. The van der Waals surface area contributed by atoms with Gasteiger partial charge in [-0.3, -0.25) is 4.79 Å². The number of aryl methyl sites for hydroxylation is 1. The van der Waals surface area contributed by atoms with E-state index in [0.29, 0.717) is 6.42 Å². The van der Waals surface area contributed by atoms with E-state index in [1.807, 2.05) is 25.1 Å². The van der Waals surface area contributed by atoms with E-state index in [9.17, 15) is 4.79 Å². The summed E-state index contributed by atoms with van der Waals surface area (Å²) in [6.07, 6.45) is 1.38. The minimum Gasteiger partial charge on any atom is -0.324 e. The largest absolute Gasteiger partial charge is 0.324 e. The fourth-order valence-corrected chi connectivity index (χ4v) is 1.98. The van der Waals surface area contributed by atoms with Gasteiger partial charge in [0.15, 0.2) is 5.78 Å². The van der Waals surface area contributed by atoms with Gasteiger partial charge in [-0.1, -0.05) is 18.2 Å². The van der Waals surface area contributed by atoms with Gasteiger partial charge in [0, 0.05) is 18.0 Å². The molecule has 2 heteroatoms. The van der Waals surface area contributed by atoms with Crippen LogP contribution in [0.5, 0.6) is 0 Å². The van der Waals surface area contributed by atoms with Crippen molar-refractivity contribution in [1.82, 2.24) is 0 Å². The second-order valence-corrected chi connectivity index (χ2v) is 3.60. The van der Waals surface area contributed by atoms with Crippen LogP contribution < -0.4 is 5.73 Å². The summed E-state index contributed by atoms with van der Waals surface area (Å²) in [5.74, 6) is 0.236. The van der Waals surface area contributed by atoms with E-state index in [4.69, 9.17) is 5.73 Å². The molecule has 0 aliphatic heterocycles. The lowest BCUT2D eigenvalue weighted by molar-refractivity contribution is 0.0967. The summed E-state index contributed by atoms with van der Waals surface area (Å²) in [5, 5.41) is 0. The first-order chi connectivity index (χ1) is 6.20. The van der Waals surface area contributed by atoms with Gasteiger partial charge in [0.25, 0.3) is 0 Å². The van der Waals surface area contributed by atoms with E-state index < -0.39 is 0 Å². The van der Waals surface area contributed by atoms with Gasteiger partial charge >= 0.3 is 0 Å². The molecule has 1 aliphatic carbocycles. The van der Waals surface area contributed by atoms with Crippen LogP contribution in [0.1, 0.15) is 40.4 Å². The smallest absolute Gasteiger partial charge is 0.163 e. The van der Waals surface area contributed by atoms with Gasteiger partial charge < -0.3 is 5.73 Å². The van der Waals surface area contributed by atoms with Crippen LogP contribution in [-0.4, -0.2) is 5.78 Å². The number of carbonyl (C=O) groups is 1. The minimum absolute atomic E-state index is 0.0499. The summed E-state index contributed by atoms with van der Waals surface area (Å²) in [6.45, 7) is 2.01. The molecule has 68 valence electrons. The molecule has 0 aromatic heterocycles. The number of fused-ring (bicyclic) bond motifs is 1. The highest BCUT2D eigenvalue weighted by molar-refractivity contribution is 5.99. The molecule has 1 aromatic rings. The Labute approximate surface area is 77.8 Å². The molecular formula is C11H13NO. The fraction of sp³-hybridized carbons (Fsp3) is 0.364. The lowest BCUT2D eigenvalue weighted by atomic mass is 9.85. The monoisotopic (exact) mass is 175 g/mol. The third-order valence-electron chi connectivity index (χ3n) is 2.68. The summed E-state index contributed by atoms with van der Waals surface area (Å²) in [7, 11) is 0. The number of hydrogen-bond acceptors (Lipinski definition) is 2. The van der Waals surface area contributed by atoms with E-state index in [2.05, 4.69) is 0 Å². The van der Waals surface area contributed by atoms with Crippen LogP contribution in [0, 0.1) is 6.92 Å². The highest BCUT2D eigenvalue weighted by atomic mass is 16.1. The van der Waals surface area contributed by atoms with Crippen LogP contribution >= 0.6 is 0 Å². The minimum atomic E-state index is 0.0499. The van der Waals surface area contributed by atoms with Crippen LogP contribution in [0.2, 0.25) is 0 Å². The summed E-state index contributed by atoms with van der Waals surface area (Å²) in [5.41, 5.74) is 8.98. The molecule has 2 nitrogen and oxygen atoms in total. The molecule has 0 saturated heterocycles. The Morgan fingerprint density at radius 3 is 2.92 bits per heavy atom. The van der Waals surface area contributed by atoms with Gasteiger partial charge in [-0.25, -0.2) is 0 Å². The molecule has 1 atom stereocenters. The number of benzene rings is 1. The zero-order valence-electron chi connectivity index (χ0n) is 7.71. The molecule has 1 unspecified atom stereocenters. The van der Waals surface area contributed by atoms with E-state index >= 15 is 0 Å². The van der Waals surface area contributed by atoms with Crippen molar-refractivity contribution in [2.24, 2.45) is 5.73 Å². The lowest BCUT2D eigenvalue weighted by Gasteiger charge is -2.22. The number of carbonyl (C=O) groups excluding carboxylic acids is 1. The fourth-order valence-electron chi connectivity index (χ4n) is 1.98. The lowest BCUT2D eigenvalue weighted by Crippen LogP contribution is -2.22. The molecule has 1 aromatic carbocycles. The van der Waals surface area contributed by atoms with Crippen LogP contribution in [0.4, 0.5) is 0 Å². The first-order valence-corrected chi connectivity index (χ1v) is 4.58. The quantitative estimate of drug-likeness (QED) is 0.655. The maximum Gasteiger partial charge on any atom is 0.163 e. The van der Waals surface area contributed by atoms with E-state index in [1.165, 1.54) is 0 Å². The Morgan fingerprint density at radius 1 is 1.46 bits per heavy atom. The third-order valence-corrected chi connectivity index (χ3v) is 2.68. The van der Waals surface area contributed by atoms with Gasteiger partial charge in [0.05, 0.1) is 0 Å². The van der Waals surface area contributed by atoms with Gasteiger partial charge in [0.1, 0.15) is 0 Å². The Bertz CT molecular complexity index is 357. The maximum absolute atomic E-state index is 11.5. The van der Waals surface area contributed by atoms with Gasteiger partial charge in [-0.15, -0.1) is 0 Å². The first-order valence-electron chi connectivity index (χ1n) is 4.58. The topological polar surface area (TPSA) is 43.1 Å². The molecule has 0 spiro atoms. The van der Waals surface area contributed by atoms with Crippen molar-refractivity contribution in [1.29, 1.82) is 0 Å². The predicted molar refractivity (Wildman–Crippen MR) is 51.7 cm³/mol. The SMILES string of the molecule is Cc1cccc2c1C(N)CCC2=O. The highest BCUT2D eigenvalue weighted by Crippen LogP contribution is 2.30. The summed E-state index contributed by atoms with van der Waals surface area (Å²) in [6, 6.07) is 5.86. The van der Waals surface area contributed by atoms with Crippen LogP contribution in [0.15, 0.2) is 18.2 Å². The zero-order valence-corrected chi connectivity index (χ0v) is 7.71. The van der Waals surface area contributed by atoms with Crippen molar-refractivity contribution >= 4 is 5.78 Å². The molecular weight excluding hydrogens is 162 g/mol. The highest BCUT2D eigenvalue weighted by Gasteiger charge is 2.23. The molecule has 13 heavy (non-hydrogen) atoms. The van der Waals surface area contributed by atoms with Crippen molar-refractivity contribution in [3.8, 4) is 0 Å². The maximum atomic E-state index is 11.5. The molecule has 0 saturated carbocycles. The third kappa shape index (κ3) is 1.27. The van der Waals surface area contributed by atoms with Crippen molar-refractivity contribution < 1.29 is 4.79 Å². The average Bonchev–Trinajstić information content (AvgIpc) is 2.12. The van der Waals surface area contributed by atoms with E-state index in [1.54, 1.807) is 0 Å². The van der Waals surface area contributed by atoms with Crippen molar-refractivity contribution in [2.45, 2.75) is 25.8 Å². The van der Waals surface area contributed by atoms with Crippen molar-refractivity contribution in [2.75, 3.05) is 0 Å². The van der Waals surface area contributed by atoms with E-state index in [-0.39, 0.29) is 11.8 Å². The molecule has 1 aliphatic rings. The number of ketones is 1. The van der Waals surface area contributed by atoms with Gasteiger partial charge in [-0.2, -0.15) is 0 Å². The zero-order chi connectivity index (χ0) is 9.42. The van der Waals surface area contributed by atoms with Gasteiger partial charge in [-0.05, 0) is 24.5 Å². The summed E-state index contributed by atoms with van der Waals surface area (Å²) < 4.78 is 0. The Hall–Kier alpha value is -1.15. The second-order valence-electron chi connectivity index (χ2n) is 3.60. The number of hydrogen-bond donors (Lipinski definition) is 1. The normalized spacial score (nSPS) is 21.4. The molecule has 0 bridgehead atoms. The Kier molecular flexibility index (Phi) is 1.93. The number of Topliss-reactive ketones (excluding diaryl/α,β-unsaturated/α-hetero) is 1. The Morgan fingerprint density at radius 2 is 2.23 bits per heavy atom. The van der Waals surface area contributed by atoms with Gasteiger partial charge in [0.2, 0.25) is 0 Å². The molecule has 0 heterocycles.